The van der Waals surface area contributed by atoms with Crippen LogP contribution in [0.4, 0.5) is 0 Å². The van der Waals surface area contributed by atoms with Crippen LogP contribution >= 0.6 is 0 Å². The van der Waals surface area contributed by atoms with Crippen molar-refractivity contribution in [3.63, 3.8) is 0 Å². The second-order valence-electron chi connectivity index (χ2n) is 9.60. The first-order chi connectivity index (χ1) is 15.6. The van der Waals surface area contributed by atoms with Crippen molar-refractivity contribution in [3.05, 3.63) is 0 Å². The first kappa shape index (κ1) is 27.1. The molecular weight excluding hydrogens is 404 g/mol. The molecule has 2 heterocycles. The number of hydrogen-bond acceptors (Lipinski definition) is 6. The lowest BCUT2D eigenvalue weighted by Gasteiger charge is -2.23. The van der Waals surface area contributed by atoms with Gasteiger partial charge in [-0.2, -0.15) is 0 Å². The molecule has 2 saturated heterocycles. The molecule has 0 N–H and O–H groups in total. The first-order valence-corrected chi connectivity index (χ1v) is 13.4. The third kappa shape index (κ3) is 10.7. The molecule has 2 aliphatic rings. The number of likely N-dealkylation sites (tertiary alicyclic amines) is 2. The summed E-state index contributed by atoms with van der Waals surface area (Å²) in [5, 5.41) is 0. The minimum Gasteiger partial charge on any atom is -0.466 e. The quantitative estimate of drug-likeness (QED) is 0.230. The third-order valence-corrected chi connectivity index (χ3v) is 6.98. The van der Waals surface area contributed by atoms with E-state index in [2.05, 4.69) is 23.6 Å². The van der Waals surface area contributed by atoms with E-state index in [1.54, 1.807) is 0 Å². The molecule has 0 amide bonds. The van der Waals surface area contributed by atoms with E-state index in [-0.39, 0.29) is 24.8 Å². The van der Waals surface area contributed by atoms with Crippen LogP contribution in [0.3, 0.4) is 0 Å². The maximum atomic E-state index is 11.9. The van der Waals surface area contributed by atoms with Gasteiger partial charge < -0.3 is 19.3 Å². The summed E-state index contributed by atoms with van der Waals surface area (Å²) in [5.41, 5.74) is 0. The van der Waals surface area contributed by atoms with Gasteiger partial charge in [-0.15, -0.1) is 0 Å². The van der Waals surface area contributed by atoms with Crippen LogP contribution in [0.15, 0.2) is 0 Å². The Labute approximate surface area is 196 Å². The summed E-state index contributed by atoms with van der Waals surface area (Å²) < 4.78 is 10.6. The van der Waals surface area contributed by atoms with Crippen molar-refractivity contribution >= 4 is 11.9 Å². The van der Waals surface area contributed by atoms with Gasteiger partial charge in [0.1, 0.15) is 0 Å². The van der Waals surface area contributed by atoms with Crippen LogP contribution in [0.25, 0.3) is 0 Å². The topological polar surface area (TPSA) is 59.1 Å². The molecule has 186 valence electrons. The molecule has 0 saturated carbocycles. The molecular formula is C26H48N2O4. The highest BCUT2D eigenvalue weighted by Gasteiger charge is 2.23. The monoisotopic (exact) mass is 452 g/mol. The number of ether oxygens (including phenoxy) is 2. The number of nitrogens with zero attached hydrogens (tertiary/aromatic N) is 2. The highest BCUT2D eigenvalue weighted by molar-refractivity contribution is 5.77. The van der Waals surface area contributed by atoms with Crippen LogP contribution in [0.2, 0.25) is 0 Å². The molecule has 0 radical (unpaired) electrons. The summed E-state index contributed by atoms with van der Waals surface area (Å²) in [5.74, 6) is -0.578. The Bertz CT molecular complexity index is 482. The van der Waals surface area contributed by atoms with Crippen molar-refractivity contribution in [3.8, 4) is 0 Å². The normalized spacial score (nSPS) is 21.8. The lowest BCUT2D eigenvalue weighted by atomic mass is 10.1. The molecule has 2 rings (SSSR count). The Balaban J connectivity index is 1.40. The molecule has 2 unspecified atom stereocenters. The predicted octanol–water partition coefficient (Wildman–Crippen LogP) is 4.94. The SMILES string of the molecule is CCCC1CCCN1CCCCOC(=O)CCC(=O)OCCCCN1CCCC1CCC. The molecule has 0 bridgehead atoms. The van der Waals surface area contributed by atoms with E-state index in [4.69, 9.17) is 9.47 Å². The molecule has 2 fully saturated rings. The maximum absolute atomic E-state index is 11.9. The summed E-state index contributed by atoms with van der Waals surface area (Å²) in [6, 6.07) is 1.51. The summed E-state index contributed by atoms with van der Waals surface area (Å²) in [4.78, 5) is 28.9. The van der Waals surface area contributed by atoms with E-state index in [1.165, 1.54) is 64.5 Å². The third-order valence-electron chi connectivity index (χ3n) is 6.98. The molecule has 32 heavy (non-hydrogen) atoms. The summed E-state index contributed by atoms with van der Waals surface area (Å²) in [7, 11) is 0. The van der Waals surface area contributed by atoms with Gasteiger partial charge in [-0.05, 0) is 90.4 Å². The molecule has 0 aromatic rings. The molecule has 0 aromatic heterocycles. The smallest absolute Gasteiger partial charge is 0.306 e. The lowest BCUT2D eigenvalue weighted by molar-refractivity contribution is -0.150. The van der Waals surface area contributed by atoms with E-state index in [0.717, 1.165) is 50.9 Å². The number of unbranched alkanes of at least 4 members (excludes halogenated alkanes) is 2. The molecule has 2 aliphatic heterocycles. The number of carbonyl (C=O) groups excluding carboxylic acids is 2. The van der Waals surface area contributed by atoms with Crippen molar-refractivity contribution in [1.29, 1.82) is 0 Å². The fourth-order valence-electron chi connectivity index (χ4n) is 5.25. The zero-order valence-electron chi connectivity index (χ0n) is 20.8. The standard InChI is InChI=1S/C26H48N2O4/c1-3-11-23-13-9-19-27(23)17-5-7-21-31-25(29)15-16-26(30)32-22-8-6-18-28-20-10-14-24(28)12-4-2/h23-24H,3-22H2,1-2H3. The molecule has 0 spiro atoms. The van der Waals surface area contributed by atoms with Gasteiger partial charge >= 0.3 is 11.9 Å². The summed E-state index contributed by atoms with van der Waals surface area (Å²) >= 11 is 0. The fraction of sp³-hybridized carbons (Fsp3) is 0.923. The fourth-order valence-corrected chi connectivity index (χ4v) is 5.25. The zero-order valence-corrected chi connectivity index (χ0v) is 20.8. The Hall–Kier alpha value is -1.14. The Morgan fingerprint density at radius 2 is 1.16 bits per heavy atom. The first-order valence-electron chi connectivity index (χ1n) is 13.4. The second-order valence-corrected chi connectivity index (χ2v) is 9.60. The molecule has 6 nitrogen and oxygen atoms in total. The van der Waals surface area contributed by atoms with Crippen LogP contribution in [0.1, 0.15) is 104 Å². The van der Waals surface area contributed by atoms with Crippen LogP contribution in [-0.2, 0) is 19.1 Å². The van der Waals surface area contributed by atoms with Crippen LogP contribution in [-0.4, -0.2) is 73.2 Å². The van der Waals surface area contributed by atoms with E-state index < -0.39 is 0 Å². The molecule has 6 heteroatoms. The van der Waals surface area contributed by atoms with Gasteiger partial charge in [-0.25, -0.2) is 0 Å². The Kier molecular flexibility index (Phi) is 14.0. The second kappa shape index (κ2) is 16.5. The van der Waals surface area contributed by atoms with Crippen LogP contribution in [0.5, 0.6) is 0 Å². The van der Waals surface area contributed by atoms with E-state index in [0.29, 0.717) is 13.2 Å². The van der Waals surface area contributed by atoms with Gasteiger partial charge in [-0.1, -0.05) is 26.7 Å². The van der Waals surface area contributed by atoms with Crippen LogP contribution in [0, 0.1) is 0 Å². The van der Waals surface area contributed by atoms with E-state index in [1.807, 2.05) is 0 Å². The molecule has 0 aliphatic carbocycles. The van der Waals surface area contributed by atoms with Crippen molar-refractivity contribution in [2.24, 2.45) is 0 Å². The Morgan fingerprint density at radius 1 is 0.719 bits per heavy atom. The average Bonchev–Trinajstić information content (AvgIpc) is 3.42. The van der Waals surface area contributed by atoms with Gasteiger partial charge in [0, 0.05) is 12.1 Å². The summed E-state index contributed by atoms with van der Waals surface area (Å²) in [6.45, 7) is 10.0. The average molecular weight is 453 g/mol. The van der Waals surface area contributed by atoms with Gasteiger partial charge in [-0.3, -0.25) is 9.59 Å². The lowest BCUT2D eigenvalue weighted by Crippen LogP contribution is -2.30. The minimum atomic E-state index is -0.289. The molecule has 0 aromatic carbocycles. The van der Waals surface area contributed by atoms with Crippen LogP contribution < -0.4 is 0 Å². The van der Waals surface area contributed by atoms with Gasteiger partial charge in [0.2, 0.25) is 0 Å². The summed E-state index contributed by atoms with van der Waals surface area (Å²) in [6.07, 6.45) is 14.5. The van der Waals surface area contributed by atoms with Gasteiger partial charge in [0.25, 0.3) is 0 Å². The highest BCUT2D eigenvalue weighted by atomic mass is 16.5. The van der Waals surface area contributed by atoms with Gasteiger partial charge in [0.15, 0.2) is 0 Å². The van der Waals surface area contributed by atoms with E-state index in [9.17, 15) is 9.59 Å². The predicted molar refractivity (Wildman–Crippen MR) is 129 cm³/mol. The number of carbonyl (C=O) groups is 2. The zero-order chi connectivity index (χ0) is 23.0. The van der Waals surface area contributed by atoms with E-state index >= 15 is 0 Å². The Morgan fingerprint density at radius 3 is 1.56 bits per heavy atom. The van der Waals surface area contributed by atoms with Crippen molar-refractivity contribution < 1.29 is 19.1 Å². The number of esters is 2. The number of rotatable bonds is 17. The number of hydrogen-bond donors (Lipinski definition) is 0. The largest absolute Gasteiger partial charge is 0.466 e. The van der Waals surface area contributed by atoms with Gasteiger partial charge in [0.05, 0.1) is 26.1 Å². The minimum absolute atomic E-state index is 0.121. The molecule has 2 atom stereocenters. The van der Waals surface area contributed by atoms with Crippen molar-refractivity contribution in [2.45, 2.75) is 116 Å². The van der Waals surface area contributed by atoms with Crippen molar-refractivity contribution in [2.75, 3.05) is 39.4 Å². The highest BCUT2D eigenvalue weighted by Crippen LogP contribution is 2.22. The van der Waals surface area contributed by atoms with Crippen molar-refractivity contribution in [1.82, 2.24) is 9.80 Å². The maximum Gasteiger partial charge on any atom is 0.306 e.